The molecule has 2 fully saturated rings. The maximum absolute atomic E-state index is 1.56. The summed E-state index contributed by atoms with van der Waals surface area (Å²) in [6.07, 6.45) is 12.4. The SMILES string of the molecule is C1CCC2CCC[C@@H]2CC1. The minimum atomic E-state index is 1.16. The van der Waals surface area contributed by atoms with E-state index in [0.29, 0.717) is 0 Å². The van der Waals surface area contributed by atoms with Crippen molar-refractivity contribution in [3.63, 3.8) is 0 Å². The van der Waals surface area contributed by atoms with Gasteiger partial charge in [-0.3, -0.25) is 0 Å². The zero-order valence-corrected chi connectivity index (χ0v) is 6.81. The maximum Gasteiger partial charge on any atom is -0.0386 e. The molecule has 1 unspecified atom stereocenters. The second-order valence-electron chi connectivity index (χ2n) is 4.09. The summed E-state index contributed by atoms with van der Waals surface area (Å²) in [7, 11) is 0. The molecule has 0 nitrogen and oxygen atoms in total. The van der Waals surface area contributed by atoms with Crippen molar-refractivity contribution in [1.29, 1.82) is 0 Å². The van der Waals surface area contributed by atoms with Crippen molar-refractivity contribution in [1.82, 2.24) is 0 Å². The highest BCUT2D eigenvalue weighted by Gasteiger charge is 2.27. The highest BCUT2D eigenvalue weighted by atomic mass is 14.3. The van der Waals surface area contributed by atoms with Gasteiger partial charge >= 0.3 is 0 Å². The van der Waals surface area contributed by atoms with Gasteiger partial charge in [0.25, 0.3) is 0 Å². The molecule has 0 aromatic carbocycles. The van der Waals surface area contributed by atoms with Gasteiger partial charge in [0.1, 0.15) is 0 Å². The molecule has 0 amide bonds. The van der Waals surface area contributed by atoms with Crippen molar-refractivity contribution in [3.05, 3.63) is 0 Å². The molecule has 0 aromatic heterocycles. The Morgan fingerprint density at radius 3 is 1.60 bits per heavy atom. The molecule has 10 heavy (non-hydrogen) atoms. The van der Waals surface area contributed by atoms with E-state index in [4.69, 9.17) is 0 Å². The highest BCUT2D eigenvalue weighted by molar-refractivity contribution is 4.79. The molecule has 0 radical (unpaired) electrons. The smallest absolute Gasteiger partial charge is 0.0386 e. The van der Waals surface area contributed by atoms with E-state index in [9.17, 15) is 0 Å². The van der Waals surface area contributed by atoms with Crippen molar-refractivity contribution < 1.29 is 0 Å². The highest BCUT2D eigenvalue weighted by Crippen LogP contribution is 2.40. The first-order valence-electron chi connectivity index (χ1n) is 4.97. The largest absolute Gasteiger partial charge is 0.0533 e. The zero-order valence-electron chi connectivity index (χ0n) is 6.81. The molecule has 0 aromatic rings. The van der Waals surface area contributed by atoms with E-state index < -0.39 is 0 Å². The van der Waals surface area contributed by atoms with Crippen LogP contribution in [0.2, 0.25) is 0 Å². The van der Waals surface area contributed by atoms with Gasteiger partial charge in [-0.2, -0.15) is 0 Å². The molecule has 2 aliphatic carbocycles. The standard InChI is InChI=1S/C10H18/c1-2-5-9-7-4-8-10(9)6-3-1/h9-10H,1-8H2/t9-,10?/m0/s1. The van der Waals surface area contributed by atoms with Crippen molar-refractivity contribution in [2.45, 2.75) is 51.4 Å². The lowest BCUT2D eigenvalue weighted by Gasteiger charge is -2.14. The Hall–Kier alpha value is 0. The molecule has 2 aliphatic rings. The summed E-state index contributed by atoms with van der Waals surface area (Å²) in [6, 6.07) is 0. The van der Waals surface area contributed by atoms with Crippen LogP contribution in [0.3, 0.4) is 0 Å². The molecule has 0 N–H and O–H groups in total. The van der Waals surface area contributed by atoms with Crippen LogP contribution in [0.25, 0.3) is 0 Å². The summed E-state index contributed by atoms with van der Waals surface area (Å²) in [6.45, 7) is 0. The minimum absolute atomic E-state index is 1.16. The molecule has 58 valence electrons. The normalized spacial score (nSPS) is 40.8. The van der Waals surface area contributed by atoms with Crippen LogP contribution in [0.5, 0.6) is 0 Å². The van der Waals surface area contributed by atoms with Crippen molar-refractivity contribution in [2.24, 2.45) is 11.8 Å². The Morgan fingerprint density at radius 2 is 1.00 bits per heavy atom. The Morgan fingerprint density at radius 1 is 0.500 bits per heavy atom. The lowest BCUT2D eigenvalue weighted by molar-refractivity contribution is 0.367. The van der Waals surface area contributed by atoms with E-state index in [1.807, 2.05) is 0 Å². The van der Waals surface area contributed by atoms with E-state index >= 15 is 0 Å². The molecule has 0 heteroatoms. The van der Waals surface area contributed by atoms with Crippen LogP contribution >= 0.6 is 0 Å². The third-order valence-corrected chi connectivity index (χ3v) is 3.47. The third-order valence-electron chi connectivity index (χ3n) is 3.47. The summed E-state index contributed by atoms with van der Waals surface area (Å²) in [4.78, 5) is 0. The van der Waals surface area contributed by atoms with Crippen LogP contribution < -0.4 is 0 Å². The topological polar surface area (TPSA) is 0 Å². The summed E-state index contributed by atoms with van der Waals surface area (Å²) >= 11 is 0. The Balaban J connectivity index is 1.95. The van der Waals surface area contributed by atoms with Gasteiger partial charge in [0, 0.05) is 0 Å². The summed E-state index contributed by atoms with van der Waals surface area (Å²) < 4.78 is 0. The van der Waals surface area contributed by atoms with E-state index in [0.717, 1.165) is 11.8 Å². The van der Waals surface area contributed by atoms with Gasteiger partial charge in [0.05, 0.1) is 0 Å². The summed E-state index contributed by atoms with van der Waals surface area (Å²) in [5, 5.41) is 0. The first-order valence-corrected chi connectivity index (χ1v) is 4.97. The fourth-order valence-corrected chi connectivity index (χ4v) is 2.86. The lowest BCUT2D eigenvalue weighted by Crippen LogP contribution is -2.04. The average Bonchev–Trinajstić information content (AvgIpc) is 2.28. The van der Waals surface area contributed by atoms with Crippen molar-refractivity contribution in [3.8, 4) is 0 Å². The fourth-order valence-electron chi connectivity index (χ4n) is 2.86. The first-order chi connectivity index (χ1) is 4.97. The summed E-state index contributed by atoms with van der Waals surface area (Å²) in [5.74, 6) is 2.31. The van der Waals surface area contributed by atoms with Crippen LogP contribution in [-0.2, 0) is 0 Å². The predicted molar refractivity (Wildman–Crippen MR) is 43.9 cm³/mol. The van der Waals surface area contributed by atoms with Gasteiger partial charge in [-0.15, -0.1) is 0 Å². The molecule has 2 saturated carbocycles. The van der Waals surface area contributed by atoms with E-state index in [1.165, 1.54) is 25.7 Å². The molecular formula is C10H18. The number of fused-ring (bicyclic) bond motifs is 1. The van der Waals surface area contributed by atoms with Gasteiger partial charge in [-0.05, 0) is 11.8 Å². The second kappa shape index (κ2) is 2.94. The van der Waals surface area contributed by atoms with Crippen molar-refractivity contribution >= 4 is 0 Å². The molecule has 2 atom stereocenters. The number of rotatable bonds is 0. The van der Waals surface area contributed by atoms with Crippen LogP contribution in [0.15, 0.2) is 0 Å². The van der Waals surface area contributed by atoms with Crippen LogP contribution in [0, 0.1) is 11.8 Å². The predicted octanol–water partition coefficient (Wildman–Crippen LogP) is 3.37. The van der Waals surface area contributed by atoms with Gasteiger partial charge in [0.15, 0.2) is 0 Å². The van der Waals surface area contributed by atoms with Gasteiger partial charge in [0.2, 0.25) is 0 Å². The van der Waals surface area contributed by atoms with Crippen LogP contribution in [-0.4, -0.2) is 0 Å². The minimum Gasteiger partial charge on any atom is -0.0533 e. The Labute approximate surface area is 64.0 Å². The molecule has 0 aliphatic heterocycles. The quantitative estimate of drug-likeness (QED) is 0.481. The lowest BCUT2D eigenvalue weighted by atomic mass is 9.92. The van der Waals surface area contributed by atoms with Gasteiger partial charge in [-0.25, -0.2) is 0 Å². The Kier molecular flexibility index (Phi) is 1.97. The van der Waals surface area contributed by atoms with E-state index in [2.05, 4.69) is 0 Å². The first kappa shape index (κ1) is 6.69. The molecule has 0 spiro atoms. The van der Waals surface area contributed by atoms with E-state index in [1.54, 1.807) is 25.7 Å². The summed E-state index contributed by atoms with van der Waals surface area (Å²) in [5.41, 5.74) is 0. The molecule has 0 saturated heterocycles. The monoisotopic (exact) mass is 138 g/mol. The zero-order chi connectivity index (χ0) is 6.81. The maximum atomic E-state index is 1.56. The van der Waals surface area contributed by atoms with Crippen molar-refractivity contribution in [2.75, 3.05) is 0 Å². The molecule has 2 rings (SSSR count). The average molecular weight is 138 g/mol. The second-order valence-corrected chi connectivity index (χ2v) is 4.09. The van der Waals surface area contributed by atoms with Gasteiger partial charge < -0.3 is 0 Å². The van der Waals surface area contributed by atoms with E-state index in [-0.39, 0.29) is 0 Å². The number of hydrogen-bond acceptors (Lipinski definition) is 0. The van der Waals surface area contributed by atoms with Crippen LogP contribution in [0.1, 0.15) is 51.4 Å². The molecule has 0 bridgehead atoms. The number of hydrogen-bond donors (Lipinski definition) is 0. The van der Waals surface area contributed by atoms with Gasteiger partial charge in [-0.1, -0.05) is 51.4 Å². The Bertz CT molecular complexity index is 94.6. The third kappa shape index (κ3) is 1.21. The molecule has 0 heterocycles. The van der Waals surface area contributed by atoms with Crippen LogP contribution in [0.4, 0.5) is 0 Å². The molecular weight excluding hydrogens is 120 g/mol. The fraction of sp³-hybridized carbons (Fsp3) is 1.00.